The lowest BCUT2D eigenvalue weighted by Crippen LogP contribution is -2.29. The monoisotopic (exact) mass is 128 g/mol. The average molecular weight is 128 g/mol. The first kappa shape index (κ1) is 5.41. The second kappa shape index (κ2) is 1.80. The van der Waals surface area contributed by atoms with Crippen molar-refractivity contribution in [2.24, 2.45) is 0 Å². The Bertz CT molecular complexity index is 143. The molecule has 3 heteroatoms. The third kappa shape index (κ3) is 0.775. The van der Waals surface area contributed by atoms with Gasteiger partial charge in [-0.15, -0.1) is 0 Å². The van der Waals surface area contributed by atoms with Crippen LogP contribution in [0.4, 0.5) is 0 Å². The van der Waals surface area contributed by atoms with Crippen molar-refractivity contribution in [2.45, 2.75) is 18.5 Å². The Morgan fingerprint density at radius 1 is 1.44 bits per heavy atom. The van der Waals surface area contributed by atoms with Crippen molar-refractivity contribution in [3.8, 4) is 0 Å². The van der Waals surface area contributed by atoms with E-state index in [1.165, 1.54) is 0 Å². The van der Waals surface area contributed by atoms with Gasteiger partial charge in [0.25, 0.3) is 0 Å². The number of ether oxygens (including phenoxy) is 2. The molecule has 0 aliphatic carbocycles. The third-order valence-electron chi connectivity index (χ3n) is 1.58. The van der Waals surface area contributed by atoms with Crippen LogP contribution in [0.25, 0.3) is 0 Å². The Kier molecular flexibility index (Phi) is 1.08. The first-order valence-corrected chi connectivity index (χ1v) is 3.00. The van der Waals surface area contributed by atoms with Gasteiger partial charge in [-0.05, 0) is 6.08 Å². The average Bonchev–Trinajstić information content (AvgIpc) is 2.25. The smallest absolute Gasteiger partial charge is 0.177 e. The van der Waals surface area contributed by atoms with Crippen molar-refractivity contribution in [1.82, 2.24) is 0 Å². The molecule has 2 rings (SSSR count). The van der Waals surface area contributed by atoms with Crippen LogP contribution in [0.3, 0.4) is 0 Å². The van der Waals surface area contributed by atoms with Crippen LogP contribution >= 0.6 is 0 Å². The van der Waals surface area contributed by atoms with E-state index in [1.54, 1.807) is 12.2 Å². The molecule has 0 amide bonds. The zero-order valence-corrected chi connectivity index (χ0v) is 4.86. The van der Waals surface area contributed by atoms with Crippen molar-refractivity contribution in [2.75, 3.05) is 6.61 Å². The minimum atomic E-state index is -0.469. The van der Waals surface area contributed by atoms with E-state index in [0.717, 1.165) is 0 Å². The molecule has 0 saturated carbocycles. The van der Waals surface area contributed by atoms with Crippen molar-refractivity contribution < 1.29 is 14.6 Å². The molecule has 1 saturated heterocycles. The zero-order chi connectivity index (χ0) is 6.27. The van der Waals surface area contributed by atoms with Crippen LogP contribution in [0.5, 0.6) is 0 Å². The molecule has 3 nitrogen and oxygen atoms in total. The van der Waals surface area contributed by atoms with E-state index in [1.807, 2.05) is 0 Å². The van der Waals surface area contributed by atoms with E-state index in [0.29, 0.717) is 6.61 Å². The number of aliphatic hydroxyl groups is 1. The molecule has 1 fully saturated rings. The molecule has 0 radical (unpaired) electrons. The van der Waals surface area contributed by atoms with Gasteiger partial charge in [-0.3, -0.25) is 0 Å². The lowest BCUT2D eigenvalue weighted by Gasteiger charge is -2.16. The summed E-state index contributed by atoms with van der Waals surface area (Å²) in [5, 5.41) is 9.10. The van der Waals surface area contributed by atoms with E-state index < -0.39 is 6.10 Å². The van der Waals surface area contributed by atoms with E-state index in [2.05, 4.69) is 0 Å². The van der Waals surface area contributed by atoms with Gasteiger partial charge in [0.2, 0.25) is 0 Å². The molecular formula is C6H8O3. The second-order valence-electron chi connectivity index (χ2n) is 2.25. The predicted molar refractivity (Wildman–Crippen MR) is 29.8 cm³/mol. The number of hydrogen-bond acceptors (Lipinski definition) is 3. The van der Waals surface area contributed by atoms with Gasteiger partial charge in [0.15, 0.2) is 6.29 Å². The Morgan fingerprint density at radius 3 is 3.11 bits per heavy atom. The summed E-state index contributed by atoms with van der Waals surface area (Å²) in [5.74, 6) is 0. The summed E-state index contributed by atoms with van der Waals surface area (Å²) in [6, 6.07) is 0. The summed E-state index contributed by atoms with van der Waals surface area (Å²) in [5.41, 5.74) is 0. The van der Waals surface area contributed by atoms with E-state index in [-0.39, 0.29) is 12.4 Å². The summed E-state index contributed by atoms with van der Waals surface area (Å²) >= 11 is 0. The Labute approximate surface area is 52.9 Å². The van der Waals surface area contributed by atoms with Gasteiger partial charge in [-0.1, -0.05) is 6.08 Å². The lowest BCUT2D eigenvalue weighted by atomic mass is 10.2. The molecule has 1 N–H and O–H groups in total. The summed E-state index contributed by atoms with van der Waals surface area (Å²) in [6.07, 6.45) is 2.65. The third-order valence-corrected chi connectivity index (χ3v) is 1.58. The first-order chi connectivity index (χ1) is 4.36. The molecule has 2 aliphatic heterocycles. The summed E-state index contributed by atoms with van der Waals surface area (Å²) in [6.45, 7) is 0.513. The lowest BCUT2D eigenvalue weighted by molar-refractivity contribution is -0.0529. The molecule has 9 heavy (non-hydrogen) atoms. The minimum absolute atomic E-state index is 0.125. The fourth-order valence-corrected chi connectivity index (χ4v) is 1.05. The van der Waals surface area contributed by atoms with Gasteiger partial charge >= 0.3 is 0 Å². The van der Waals surface area contributed by atoms with E-state index >= 15 is 0 Å². The highest BCUT2D eigenvalue weighted by Gasteiger charge is 2.32. The van der Waals surface area contributed by atoms with Crippen LogP contribution in [-0.2, 0) is 9.47 Å². The van der Waals surface area contributed by atoms with Gasteiger partial charge in [0.05, 0.1) is 6.61 Å². The van der Waals surface area contributed by atoms with Gasteiger partial charge < -0.3 is 14.6 Å². The molecule has 0 spiro atoms. The predicted octanol–water partition coefficient (Wildman–Crippen LogP) is -0.341. The summed E-state index contributed by atoms with van der Waals surface area (Å²) in [4.78, 5) is 0. The highest BCUT2D eigenvalue weighted by atomic mass is 16.7. The molecule has 0 aromatic rings. The van der Waals surface area contributed by atoms with E-state index in [4.69, 9.17) is 14.6 Å². The van der Waals surface area contributed by atoms with Crippen LogP contribution in [0.15, 0.2) is 12.2 Å². The molecule has 2 aliphatic rings. The molecule has 3 unspecified atom stereocenters. The topological polar surface area (TPSA) is 38.7 Å². The van der Waals surface area contributed by atoms with Crippen molar-refractivity contribution >= 4 is 0 Å². The van der Waals surface area contributed by atoms with Crippen molar-refractivity contribution in [3.05, 3.63) is 12.2 Å². The van der Waals surface area contributed by atoms with Gasteiger partial charge in [0, 0.05) is 0 Å². The summed E-state index contributed by atoms with van der Waals surface area (Å²) in [7, 11) is 0. The number of rotatable bonds is 0. The molecule has 0 aromatic heterocycles. The van der Waals surface area contributed by atoms with Crippen molar-refractivity contribution in [3.63, 3.8) is 0 Å². The SMILES string of the molecule is OC1C=CC2OCC1O2. The molecule has 2 heterocycles. The normalized spacial score (nSPS) is 47.9. The number of hydrogen-bond donors (Lipinski definition) is 1. The molecular weight excluding hydrogens is 120 g/mol. The quantitative estimate of drug-likeness (QED) is 0.453. The maximum Gasteiger partial charge on any atom is 0.177 e. The van der Waals surface area contributed by atoms with Crippen LogP contribution in [0.2, 0.25) is 0 Å². The van der Waals surface area contributed by atoms with Crippen molar-refractivity contribution in [1.29, 1.82) is 0 Å². The fourth-order valence-electron chi connectivity index (χ4n) is 1.05. The molecule has 2 bridgehead atoms. The van der Waals surface area contributed by atoms with Crippen LogP contribution in [-0.4, -0.2) is 30.2 Å². The van der Waals surface area contributed by atoms with Crippen LogP contribution < -0.4 is 0 Å². The maximum atomic E-state index is 9.10. The minimum Gasteiger partial charge on any atom is -0.386 e. The fraction of sp³-hybridized carbons (Fsp3) is 0.667. The maximum absolute atomic E-state index is 9.10. The Morgan fingerprint density at radius 2 is 2.33 bits per heavy atom. The summed E-state index contributed by atoms with van der Waals surface area (Å²) < 4.78 is 10.2. The Hall–Kier alpha value is -0.380. The Balaban J connectivity index is 2.19. The largest absolute Gasteiger partial charge is 0.386 e. The van der Waals surface area contributed by atoms with Gasteiger partial charge in [-0.2, -0.15) is 0 Å². The standard InChI is InChI=1S/C6H8O3/c7-4-1-2-6-8-3-5(4)9-6/h1-2,4-7H,3H2. The zero-order valence-electron chi connectivity index (χ0n) is 4.86. The van der Waals surface area contributed by atoms with Gasteiger partial charge in [0.1, 0.15) is 12.2 Å². The number of aliphatic hydroxyl groups excluding tert-OH is 1. The van der Waals surface area contributed by atoms with Gasteiger partial charge in [-0.25, -0.2) is 0 Å². The van der Waals surface area contributed by atoms with Crippen LogP contribution in [0.1, 0.15) is 0 Å². The highest BCUT2D eigenvalue weighted by molar-refractivity contribution is 5.02. The molecule has 50 valence electrons. The number of fused-ring (bicyclic) bond motifs is 2. The second-order valence-corrected chi connectivity index (χ2v) is 2.25. The molecule has 3 atom stereocenters. The first-order valence-electron chi connectivity index (χ1n) is 3.00. The molecule has 0 aromatic carbocycles. The van der Waals surface area contributed by atoms with Crippen LogP contribution in [0, 0.1) is 0 Å². The highest BCUT2D eigenvalue weighted by Crippen LogP contribution is 2.20. The van der Waals surface area contributed by atoms with E-state index in [9.17, 15) is 0 Å².